The summed E-state index contributed by atoms with van der Waals surface area (Å²) >= 11 is 2.02. The molecule has 0 radical (unpaired) electrons. The number of thioether (sulfide) groups is 1. The van der Waals surface area contributed by atoms with Gasteiger partial charge in [-0.25, -0.2) is 0 Å². The quantitative estimate of drug-likeness (QED) is 0.189. The minimum absolute atomic E-state index is 0.357. The van der Waals surface area contributed by atoms with Gasteiger partial charge in [-0.05, 0) is 76.3 Å². The Kier molecular flexibility index (Phi) is 6.63. The van der Waals surface area contributed by atoms with Crippen LogP contribution in [0.5, 0.6) is 0 Å². The summed E-state index contributed by atoms with van der Waals surface area (Å²) in [4.78, 5) is 1.44. The average molecular weight is 599 g/mol. The predicted molar refractivity (Wildman–Crippen MR) is 191 cm³/mol. The molecule has 0 amide bonds. The van der Waals surface area contributed by atoms with Crippen molar-refractivity contribution in [2.24, 2.45) is 5.92 Å². The fourth-order valence-corrected chi connectivity index (χ4v) is 9.34. The normalized spacial score (nSPS) is 20.9. The molecule has 218 valence electrons. The number of hydrogen-bond donors (Lipinski definition) is 0. The number of benzene rings is 5. The summed E-state index contributed by atoms with van der Waals surface area (Å²) in [5, 5.41) is 5.47. The Morgan fingerprint density at radius 2 is 1.60 bits per heavy atom. The van der Waals surface area contributed by atoms with Crippen LogP contribution in [0.15, 0.2) is 161 Å². The molecule has 0 saturated carbocycles. The van der Waals surface area contributed by atoms with Gasteiger partial charge in [0, 0.05) is 26.8 Å². The highest BCUT2D eigenvalue weighted by molar-refractivity contribution is 8.00. The predicted octanol–water partition coefficient (Wildman–Crippen LogP) is 12.2. The molecule has 1 nitrogen and oxygen atoms in total. The lowest BCUT2D eigenvalue weighted by Crippen LogP contribution is -2.14. The first-order valence-corrected chi connectivity index (χ1v) is 17.1. The molecule has 2 heterocycles. The Hall–Kier alpha value is -4.53. The van der Waals surface area contributed by atoms with Crippen molar-refractivity contribution in [1.29, 1.82) is 0 Å². The lowest BCUT2D eigenvalue weighted by atomic mass is 9.77. The fraction of sp³-hybridized carbons (Fsp3) is 0.163. The summed E-state index contributed by atoms with van der Waals surface area (Å²) in [6, 6.07) is 37.5. The van der Waals surface area contributed by atoms with Crippen LogP contribution in [0.4, 0.5) is 0 Å². The van der Waals surface area contributed by atoms with E-state index in [4.69, 9.17) is 4.42 Å². The number of furan rings is 1. The van der Waals surface area contributed by atoms with E-state index in [1.54, 1.807) is 0 Å². The summed E-state index contributed by atoms with van der Waals surface area (Å²) in [6.45, 7) is 0. The molecule has 1 aromatic heterocycles. The van der Waals surface area contributed by atoms with Crippen LogP contribution in [0.1, 0.15) is 42.2 Å². The molecule has 0 bridgehead atoms. The van der Waals surface area contributed by atoms with Crippen LogP contribution in [0.3, 0.4) is 0 Å². The van der Waals surface area contributed by atoms with Crippen LogP contribution in [0.2, 0.25) is 0 Å². The number of para-hydroxylation sites is 1. The second-order valence-electron chi connectivity index (χ2n) is 12.6. The van der Waals surface area contributed by atoms with E-state index in [0.29, 0.717) is 23.0 Å². The van der Waals surface area contributed by atoms with E-state index in [1.807, 2.05) is 11.8 Å². The van der Waals surface area contributed by atoms with Crippen molar-refractivity contribution in [1.82, 2.24) is 0 Å². The van der Waals surface area contributed by atoms with Crippen LogP contribution < -0.4 is 0 Å². The van der Waals surface area contributed by atoms with Crippen molar-refractivity contribution in [2.45, 2.75) is 41.2 Å². The smallest absolute Gasteiger partial charge is 0.138 e. The van der Waals surface area contributed by atoms with Crippen LogP contribution >= 0.6 is 11.8 Å². The Morgan fingerprint density at radius 3 is 2.49 bits per heavy atom. The van der Waals surface area contributed by atoms with Crippen LogP contribution in [0.25, 0.3) is 43.8 Å². The number of fused-ring (bicyclic) bond motifs is 8. The highest BCUT2D eigenvalue weighted by Gasteiger charge is 2.32. The molecule has 0 N–H and O–H groups in total. The molecule has 45 heavy (non-hydrogen) atoms. The third-order valence-corrected chi connectivity index (χ3v) is 11.4. The zero-order valence-electron chi connectivity index (χ0n) is 25.1. The number of rotatable bonds is 6. The molecule has 4 atom stereocenters. The zero-order chi connectivity index (χ0) is 29.7. The first-order chi connectivity index (χ1) is 22.3. The van der Waals surface area contributed by atoms with Crippen molar-refractivity contribution in [3.63, 3.8) is 0 Å². The minimum Gasteiger partial charge on any atom is -0.456 e. The SMILES string of the molecule is C1=CCC(C(CCC2=CC3Sc4ccccc4C3C=C2)c2cccc3c2oc2cc(-c4ccccc4)c4ccccc4c23)C=C1. The third-order valence-electron chi connectivity index (χ3n) is 10.1. The van der Waals surface area contributed by atoms with Gasteiger partial charge >= 0.3 is 0 Å². The average Bonchev–Trinajstić information content (AvgIpc) is 3.67. The second kappa shape index (κ2) is 11.1. The molecule has 0 spiro atoms. The minimum atomic E-state index is 0.357. The van der Waals surface area contributed by atoms with E-state index in [1.165, 1.54) is 54.3 Å². The third kappa shape index (κ3) is 4.62. The standard InChI is InChI=1S/C43H34OS/c1-3-12-29(13-4-1)31(24-22-28-23-25-34-33-17-9-10-21-40(33)45-41(34)26-28)36-19-11-20-37-42-35-18-8-7-16-32(35)38(27-39(42)44-43(36)37)30-14-5-2-6-15-30/h1-12,14-21,23,25-27,29,31,34,41H,13,22,24H2. The van der Waals surface area contributed by atoms with Gasteiger partial charge in [-0.2, -0.15) is 0 Å². The summed E-state index contributed by atoms with van der Waals surface area (Å²) in [5.74, 6) is 1.30. The summed E-state index contributed by atoms with van der Waals surface area (Å²) in [7, 11) is 0. The summed E-state index contributed by atoms with van der Waals surface area (Å²) < 4.78 is 6.94. The lowest BCUT2D eigenvalue weighted by molar-refractivity contribution is 0.474. The van der Waals surface area contributed by atoms with Crippen LogP contribution in [-0.2, 0) is 0 Å². The molecule has 4 unspecified atom stereocenters. The maximum atomic E-state index is 6.94. The van der Waals surface area contributed by atoms with E-state index >= 15 is 0 Å². The van der Waals surface area contributed by atoms with Gasteiger partial charge in [0.2, 0.25) is 0 Å². The Morgan fingerprint density at radius 1 is 0.778 bits per heavy atom. The summed E-state index contributed by atoms with van der Waals surface area (Å²) in [6.07, 6.45) is 19.8. The largest absolute Gasteiger partial charge is 0.456 e. The maximum absolute atomic E-state index is 6.94. The number of hydrogen-bond acceptors (Lipinski definition) is 2. The van der Waals surface area contributed by atoms with Gasteiger partial charge in [-0.15, -0.1) is 11.8 Å². The Bertz CT molecular complexity index is 2190. The first-order valence-electron chi connectivity index (χ1n) is 16.2. The molecule has 6 aromatic rings. The van der Waals surface area contributed by atoms with Gasteiger partial charge in [0.15, 0.2) is 0 Å². The van der Waals surface area contributed by atoms with Crippen LogP contribution in [0, 0.1) is 5.92 Å². The molecule has 0 saturated heterocycles. The van der Waals surface area contributed by atoms with Crippen molar-refractivity contribution in [3.05, 3.63) is 162 Å². The lowest BCUT2D eigenvalue weighted by Gasteiger charge is -2.27. The van der Waals surface area contributed by atoms with Crippen molar-refractivity contribution in [3.8, 4) is 11.1 Å². The van der Waals surface area contributed by atoms with E-state index in [0.717, 1.165) is 30.4 Å². The van der Waals surface area contributed by atoms with E-state index in [9.17, 15) is 0 Å². The molecule has 5 aromatic carbocycles. The van der Waals surface area contributed by atoms with Gasteiger partial charge in [0.05, 0.1) is 0 Å². The highest BCUT2D eigenvalue weighted by atomic mass is 32.2. The van der Waals surface area contributed by atoms with E-state index < -0.39 is 0 Å². The van der Waals surface area contributed by atoms with Crippen molar-refractivity contribution >= 4 is 44.5 Å². The molecule has 0 fully saturated rings. The van der Waals surface area contributed by atoms with Gasteiger partial charge in [0.25, 0.3) is 0 Å². The van der Waals surface area contributed by atoms with Crippen molar-refractivity contribution in [2.75, 3.05) is 0 Å². The van der Waals surface area contributed by atoms with E-state index in [-0.39, 0.29) is 0 Å². The first kappa shape index (κ1) is 26.8. The van der Waals surface area contributed by atoms with E-state index in [2.05, 4.69) is 146 Å². The number of allylic oxidation sites excluding steroid dienone is 7. The fourth-order valence-electron chi connectivity index (χ4n) is 7.92. The summed E-state index contributed by atoms with van der Waals surface area (Å²) in [5.41, 5.74) is 8.73. The molecular weight excluding hydrogens is 565 g/mol. The van der Waals surface area contributed by atoms with Crippen molar-refractivity contribution < 1.29 is 4.42 Å². The molecule has 1 aliphatic heterocycles. The Balaban J connectivity index is 1.12. The van der Waals surface area contributed by atoms with Gasteiger partial charge in [0.1, 0.15) is 11.2 Å². The Labute approximate surface area is 268 Å². The molecular formula is C43H34OS. The van der Waals surface area contributed by atoms with Gasteiger partial charge in [-0.1, -0.05) is 139 Å². The molecule has 2 heteroatoms. The highest BCUT2D eigenvalue weighted by Crippen LogP contribution is 2.50. The van der Waals surface area contributed by atoms with Gasteiger partial charge < -0.3 is 4.42 Å². The topological polar surface area (TPSA) is 13.1 Å². The molecule has 2 aliphatic carbocycles. The molecule has 3 aliphatic rings. The van der Waals surface area contributed by atoms with Gasteiger partial charge in [-0.3, -0.25) is 0 Å². The zero-order valence-corrected chi connectivity index (χ0v) is 25.9. The maximum Gasteiger partial charge on any atom is 0.138 e. The second-order valence-corrected chi connectivity index (χ2v) is 13.9. The van der Waals surface area contributed by atoms with Crippen LogP contribution in [-0.4, -0.2) is 5.25 Å². The monoisotopic (exact) mass is 598 g/mol. The molecule has 9 rings (SSSR count).